The summed E-state index contributed by atoms with van der Waals surface area (Å²) in [5.41, 5.74) is -0.0188. The van der Waals surface area contributed by atoms with Crippen molar-refractivity contribution in [1.82, 2.24) is 19.8 Å². The zero-order valence-corrected chi connectivity index (χ0v) is 17.1. The third-order valence-electron chi connectivity index (χ3n) is 5.30. The van der Waals surface area contributed by atoms with Crippen LogP contribution in [0.25, 0.3) is 0 Å². The molecule has 0 aliphatic carbocycles. The van der Waals surface area contributed by atoms with Crippen LogP contribution in [-0.4, -0.2) is 38.9 Å². The van der Waals surface area contributed by atoms with Crippen LogP contribution in [0.15, 0.2) is 18.3 Å². The number of imidazole rings is 1. The fraction of sp³-hybridized carbons (Fsp3) is 0.450. The summed E-state index contributed by atoms with van der Waals surface area (Å²) in [4.78, 5) is 29.2. The number of halogens is 6. The van der Waals surface area contributed by atoms with Crippen molar-refractivity contribution >= 4 is 11.8 Å². The number of aromatic nitrogens is 2. The van der Waals surface area contributed by atoms with Crippen molar-refractivity contribution in [3.8, 4) is 0 Å². The van der Waals surface area contributed by atoms with E-state index in [2.05, 4.69) is 10.3 Å². The van der Waals surface area contributed by atoms with E-state index in [0.29, 0.717) is 12.1 Å². The first-order valence-corrected chi connectivity index (χ1v) is 9.71. The highest BCUT2D eigenvalue weighted by Gasteiger charge is 2.40. The number of carbonyl (C=O) groups excluding carboxylic acids is 2. The van der Waals surface area contributed by atoms with E-state index in [1.54, 1.807) is 6.92 Å². The summed E-state index contributed by atoms with van der Waals surface area (Å²) in [5.74, 6) is -5.73. The van der Waals surface area contributed by atoms with Gasteiger partial charge >= 0.3 is 6.18 Å². The minimum atomic E-state index is -4.63. The number of hydrogen-bond donors (Lipinski definition) is 1. The van der Waals surface area contributed by atoms with Gasteiger partial charge in [-0.1, -0.05) is 0 Å². The van der Waals surface area contributed by atoms with Crippen molar-refractivity contribution < 1.29 is 35.9 Å². The molecule has 2 atom stereocenters. The Morgan fingerprint density at radius 2 is 1.81 bits per heavy atom. The Balaban J connectivity index is 1.78. The summed E-state index contributed by atoms with van der Waals surface area (Å²) in [6.45, 7) is 2.58. The summed E-state index contributed by atoms with van der Waals surface area (Å²) in [5, 5.41) is 2.48. The Labute approximate surface area is 179 Å². The second-order valence-electron chi connectivity index (χ2n) is 7.58. The Morgan fingerprint density at radius 3 is 2.44 bits per heavy atom. The zero-order valence-electron chi connectivity index (χ0n) is 17.1. The maximum Gasteiger partial charge on any atom is 0.449 e. The first-order valence-electron chi connectivity index (χ1n) is 9.71. The molecule has 0 bridgehead atoms. The van der Waals surface area contributed by atoms with Crippen LogP contribution < -0.4 is 5.32 Å². The Bertz CT molecular complexity index is 1040. The first-order chi connectivity index (χ1) is 14.9. The van der Waals surface area contributed by atoms with E-state index >= 15 is 0 Å². The molecule has 32 heavy (non-hydrogen) atoms. The van der Waals surface area contributed by atoms with Crippen LogP contribution in [0.5, 0.6) is 0 Å². The van der Waals surface area contributed by atoms with Crippen LogP contribution >= 0.6 is 0 Å². The van der Waals surface area contributed by atoms with Crippen LogP contribution in [0.4, 0.5) is 26.3 Å². The van der Waals surface area contributed by atoms with Gasteiger partial charge in [-0.25, -0.2) is 18.2 Å². The van der Waals surface area contributed by atoms with E-state index < -0.39 is 53.4 Å². The van der Waals surface area contributed by atoms with E-state index in [-0.39, 0.29) is 37.2 Å². The molecular formula is C20H20F6N4O2. The molecule has 0 saturated heterocycles. The topological polar surface area (TPSA) is 67.2 Å². The van der Waals surface area contributed by atoms with Gasteiger partial charge < -0.3 is 14.8 Å². The van der Waals surface area contributed by atoms with Gasteiger partial charge in [0.15, 0.2) is 11.6 Å². The number of hydrogen-bond acceptors (Lipinski definition) is 3. The van der Waals surface area contributed by atoms with Gasteiger partial charge in [0.05, 0.1) is 17.9 Å². The summed E-state index contributed by atoms with van der Waals surface area (Å²) < 4.78 is 81.0. The predicted molar refractivity (Wildman–Crippen MR) is 99.6 cm³/mol. The monoisotopic (exact) mass is 462 g/mol. The minimum Gasteiger partial charge on any atom is -0.353 e. The molecule has 1 aromatic heterocycles. The van der Waals surface area contributed by atoms with E-state index in [9.17, 15) is 35.9 Å². The molecule has 0 saturated carbocycles. The average Bonchev–Trinajstić information content (AvgIpc) is 3.11. The Kier molecular flexibility index (Phi) is 6.51. The molecule has 6 nitrogen and oxygen atoms in total. The van der Waals surface area contributed by atoms with Gasteiger partial charge in [-0.3, -0.25) is 9.59 Å². The van der Waals surface area contributed by atoms with Crippen molar-refractivity contribution in [3.63, 3.8) is 0 Å². The van der Waals surface area contributed by atoms with Gasteiger partial charge in [0.1, 0.15) is 5.82 Å². The first kappa shape index (κ1) is 23.6. The second-order valence-corrected chi connectivity index (χ2v) is 7.58. The van der Waals surface area contributed by atoms with Crippen molar-refractivity contribution in [2.45, 2.75) is 51.5 Å². The number of benzene rings is 1. The molecule has 12 heteroatoms. The number of fused-ring (bicyclic) bond motifs is 1. The highest BCUT2D eigenvalue weighted by molar-refractivity contribution is 5.79. The number of amides is 2. The van der Waals surface area contributed by atoms with Gasteiger partial charge in [0.25, 0.3) is 0 Å². The summed E-state index contributed by atoms with van der Waals surface area (Å²) in [6.07, 6.45) is -4.17. The van der Waals surface area contributed by atoms with Crippen LogP contribution in [-0.2, 0) is 28.7 Å². The third-order valence-corrected chi connectivity index (χ3v) is 5.30. The van der Waals surface area contributed by atoms with Gasteiger partial charge in [-0.05, 0) is 25.0 Å². The number of nitrogens with one attached hydrogen (secondary N) is 1. The molecule has 1 aromatic carbocycles. The highest BCUT2D eigenvalue weighted by Crippen LogP contribution is 2.34. The smallest absolute Gasteiger partial charge is 0.353 e. The second kappa shape index (κ2) is 8.83. The van der Waals surface area contributed by atoms with E-state index in [1.807, 2.05) is 0 Å². The van der Waals surface area contributed by atoms with E-state index in [0.717, 1.165) is 10.8 Å². The lowest BCUT2D eigenvalue weighted by Gasteiger charge is -2.36. The van der Waals surface area contributed by atoms with E-state index in [4.69, 9.17) is 0 Å². The highest BCUT2D eigenvalue weighted by atomic mass is 19.4. The maximum absolute atomic E-state index is 14.0. The quantitative estimate of drug-likeness (QED) is 0.548. The predicted octanol–water partition coefficient (Wildman–Crippen LogP) is 3.36. The standard InChI is InChI=1S/C20H20F6N4O2/c1-10-17-9-27-19(20(24,25)26)30(17)4-3-29(10)18(32)7-13(28-11(2)31)5-12-6-15(22)16(23)8-14(12)21/h6,8-10,13H,3-5,7H2,1-2H3,(H,28,31)/t10-,13?/m1/s1. The fourth-order valence-corrected chi connectivity index (χ4v) is 3.86. The van der Waals surface area contributed by atoms with Crippen molar-refractivity contribution in [3.05, 3.63) is 52.9 Å². The number of nitrogens with zero attached hydrogens (tertiary/aromatic N) is 3. The molecule has 1 N–H and O–H groups in total. The van der Waals surface area contributed by atoms with Gasteiger partial charge in [0.2, 0.25) is 17.6 Å². The molecule has 3 rings (SSSR count). The van der Waals surface area contributed by atoms with E-state index in [1.165, 1.54) is 11.8 Å². The summed E-state index contributed by atoms with van der Waals surface area (Å²) in [7, 11) is 0. The molecule has 1 aliphatic rings. The fourth-order valence-electron chi connectivity index (χ4n) is 3.86. The number of alkyl halides is 3. The van der Waals surface area contributed by atoms with Crippen LogP contribution in [0.2, 0.25) is 0 Å². The largest absolute Gasteiger partial charge is 0.449 e. The summed E-state index contributed by atoms with van der Waals surface area (Å²) in [6, 6.07) is -0.629. The van der Waals surface area contributed by atoms with Crippen molar-refractivity contribution in [2.24, 2.45) is 0 Å². The molecule has 1 aliphatic heterocycles. The Hall–Kier alpha value is -3.05. The lowest BCUT2D eigenvalue weighted by molar-refractivity contribution is -0.148. The Morgan fingerprint density at radius 1 is 1.16 bits per heavy atom. The molecule has 2 aromatic rings. The third kappa shape index (κ3) is 4.89. The minimum absolute atomic E-state index is 0.0290. The van der Waals surface area contributed by atoms with Crippen molar-refractivity contribution in [1.29, 1.82) is 0 Å². The normalized spacial score (nSPS) is 17.1. The lowest BCUT2D eigenvalue weighted by Crippen LogP contribution is -2.45. The molecule has 1 unspecified atom stereocenters. The van der Waals surface area contributed by atoms with Crippen molar-refractivity contribution in [2.75, 3.05) is 6.54 Å². The molecule has 0 radical (unpaired) electrons. The number of carbonyl (C=O) groups is 2. The molecule has 2 amide bonds. The average molecular weight is 462 g/mol. The van der Waals surface area contributed by atoms with Crippen LogP contribution in [0.3, 0.4) is 0 Å². The SMILES string of the molecule is CC(=O)NC(CC(=O)N1CCn2c(cnc2C(F)(F)F)[C@H]1C)Cc1cc(F)c(F)cc1F. The molecule has 2 heterocycles. The van der Waals surface area contributed by atoms with Crippen LogP contribution in [0.1, 0.15) is 43.4 Å². The summed E-state index contributed by atoms with van der Waals surface area (Å²) >= 11 is 0. The lowest BCUT2D eigenvalue weighted by atomic mass is 10.0. The molecular weight excluding hydrogens is 442 g/mol. The van der Waals surface area contributed by atoms with Gasteiger partial charge in [0, 0.05) is 38.5 Å². The zero-order chi connectivity index (χ0) is 23.8. The van der Waals surface area contributed by atoms with Gasteiger partial charge in [-0.15, -0.1) is 0 Å². The molecule has 174 valence electrons. The molecule has 0 fully saturated rings. The maximum atomic E-state index is 14.0. The van der Waals surface area contributed by atoms with Gasteiger partial charge in [-0.2, -0.15) is 13.2 Å². The molecule has 0 spiro atoms. The van der Waals surface area contributed by atoms with Crippen LogP contribution in [0, 0.1) is 17.5 Å². The number of rotatable bonds is 5.